The van der Waals surface area contributed by atoms with Crippen LogP contribution in [0, 0.1) is 0 Å². The van der Waals surface area contributed by atoms with Gasteiger partial charge in [0.2, 0.25) is 5.91 Å². The molecule has 0 bridgehead atoms. The van der Waals surface area contributed by atoms with E-state index >= 15 is 0 Å². The second-order valence-electron chi connectivity index (χ2n) is 6.67. The molecule has 2 N–H and O–H groups in total. The maximum atomic E-state index is 12.2. The molecule has 2 aliphatic heterocycles. The van der Waals surface area contributed by atoms with E-state index in [0.29, 0.717) is 31.6 Å². The van der Waals surface area contributed by atoms with Gasteiger partial charge in [-0.15, -0.1) is 0 Å². The second kappa shape index (κ2) is 7.42. The zero-order valence-electron chi connectivity index (χ0n) is 13.9. The van der Waals surface area contributed by atoms with Crippen molar-refractivity contribution in [2.24, 2.45) is 0 Å². The van der Waals surface area contributed by atoms with E-state index in [4.69, 9.17) is 0 Å². The number of piperidine rings is 1. The quantitative estimate of drug-likeness (QED) is 0.768. The first-order valence-electron chi connectivity index (χ1n) is 8.43. The van der Waals surface area contributed by atoms with Crippen molar-refractivity contribution in [1.29, 1.82) is 0 Å². The summed E-state index contributed by atoms with van der Waals surface area (Å²) in [5, 5.41) is 12.4. The van der Waals surface area contributed by atoms with E-state index in [1.165, 1.54) is 24.2 Å². The minimum Gasteiger partial charge on any atom is -0.383 e. The highest BCUT2D eigenvalue weighted by atomic mass is 16.3. The van der Waals surface area contributed by atoms with Crippen molar-refractivity contribution in [2.45, 2.75) is 70.7 Å². The van der Waals surface area contributed by atoms with Gasteiger partial charge in [0.05, 0.1) is 0 Å². The molecule has 2 saturated heterocycles. The molecule has 22 heavy (non-hydrogen) atoms. The van der Waals surface area contributed by atoms with Crippen molar-refractivity contribution in [1.82, 2.24) is 15.1 Å². The summed E-state index contributed by atoms with van der Waals surface area (Å²) in [5.74, 6) is -0.472. The molecule has 4 atom stereocenters. The van der Waals surface area contributed by atoms with E-state index < -0.39 is 12.1 Å². The molecule has 0 saturated carbocycles. The lowest BCUT2D eigenvalue weighted by atomic mass is 9.98. The van der Waals surface area contributed by atoms with Gasteiger partial charge in [-0.2, -0.15) is 0 Å². The molecular weight excluding hydrogens is 282 g/mol. The first-order chi connectivity index (χ1) is 10.4. The number of amides is 2. The van der Waals surface area contributed by atoms with Gasteiger partial charge in [0.25, 0.3) is 5.91 Å². The first-order valence-corrected chi connectivity index (χ1v) is 8.43. The Balaban J connectivity index is 1.76. The van der Waals surface area contributed by atoms with E-state index in [9.17, 15) is 14.7 Å². The molecule has 0 aliphatic carbocycles. The van der Waals surface area contributed by atoms with Crippen molar-refractivity contribution >= 4 is 11.8 Å². The van der Waals surface area contributed by atoms with Gasteiger partial charge in [0, 0.05) is 31.7 Å². The Labute approximate surface area is 132 Å². The van der Waals surface area contributed by atoms with Crippen LogP contribution in [0.1, 0.15) is 46.5 Å². The summed E-state index contributed by atoms with van der Waals surface area (Å²) in [6.07, 6.45) is 3.19. The highest BCUT2D eigenvalue weighted by Gasteiger charge is 2.35. The van der Waals surface area contributed by atoms with Gasteiger partial charge in [-0.25, -0.2) is 0 Å². The van der Waals surface area contributed by atoms with Gasteiger partial charge in [0.1, 0.15) is 12.1 Å². The number of rotatable bonds is 5. The highest BCUT2D eigenvalue weighted by Crippen LogP contribution is 2.21. The van der Waals surface area contributed by atoms with E-state index in [0.717, 1.165) is 6.54 Å². The van der Waals surface area contributed by atoms with Crippen LogP contribution < -0.4 is 5.32 Å². The van der Waals surface area contributed by atoms with E-state index in [2.05, 4.69) is 24.1 Å². The lowest BCUT2D eigenvalue weighted by molar-refractivity contribution is -0.141. The third-order valence-electron chi connectivity index (χ3n) is 5.10. The number of hydrogen-bond donors (Lipinski definition) is 2. The lowest BCUT2D eigenvalue weighted by Crippen LogP contribution is -2.50. The number of aliphatic hydroxyl groups is 1. The summed E-state index contributed by atoms with van der Waals surface area (Å²) in [7, 11) is 0. The largest absolute Gasteiger partial charge is 0.383 e. The van der Waals surface area contributed by atoms with Crippen LogP contribution in [0.25, 0.3) is 0 Å². The average molecular weight is 311 g/mol. The Bertz CT molecular complexity index is 405. The molecule has 0 unspecified atom stereocenters. The molecule has 0 spiro atoms. The first kappa shape index (κ1) is 17.2. The van der Waals surface area contributed by atoms with Crippen molar-refractivity contribution in [2.75, 3.05) is 19.6 Å². The zero-order chi connectivity index (χ0) is 16.3. The zero-order valence-corrected chi connectivity index (χ0v) is 13.9. The third-order valence-corrected chi connectivity index (χ3v) is 5.10. The van der Waals surface area contributed by atoms with Crippen LogP contribution in [0.5, 0.6) is 0 Å². The molecule has 6 heteroatoms. The average Bonchev–Trinajstić information content (AvgIpc) is 2.81. The van der Waals surface area contributed by atoms with Gasteiger partial charge in [0.15, 0.2) is 0 Å². The molecule has 2 amide bonds. The number of hydrogen-bond acceptors (Lipinski definition) is 4. The maximum Gasteiger partial charge on any atom is 0.252 e. The summed E-state index contributed by atoms with van der Waals surface area (Å²) in [6.45, 7) is 8.10. The van der Waals surface area contributed by atoms with Crippen LogP contribution in [-0.2, 0) is 9.59 Å². The molecule has 0 radical (unpaired) electrons. The fraction of sp³-hybridized carbons (Fsp3) is 0.875. The van der Waals surface area contributed by atoms with Crippen molar-refractivity contribution in [3.05, 3.63) is 0 Å². The lowest BCUT2D eigenvalue weighted by Gasteiger charge is -2.39. The minimum absolute atomic E-state index is 0.139. The molecule has 0 aromatic heterocycles. The van der Waals surface area contributed by atoms with Crippen molar-refractivity contribution < 1.29 is 14.7 Å². The molecule has 2 fully saturated rings. The van der Waals surface area contributed by atoms with Crippen LogP contribution in [0.4, 0.5) is 0 Å². The fourth-order valence-electron chi connectivity index (χ4n) is 3.58. The van der Waals surface area contributed by atoms with Gasteiger partial charge >= 0.3 is 0 Å². The van der Waals surface area contributed by atoms with E-state index in [1.807, 2.05) is 0 Å². The molecule has 2 rings (SSSR count). The Morgan fingerprint density at radius 3 is 2.50 bits per heavy atom. The summed E-state index contributed by atoms with van der Waals surface area (Å²) in [6, 6.07) is 0.614. The molecule has 6 nitrogen and oxygen atoms in total. The minimum atomic E-state index is -0.940. The fourth-order valence-corrected chi connectivity index (χ4v) is 3.58. The molecule has 126 valence electrons. The third kappa shape index (κ3) is 3.79. The van der Waals surface area contributed by atoms with Gasteiger partial charge in [-0.1, -0.05) is 6.42 Å². The number of carbonyl (C=O) groups excluding carboxylic acids is 2. The van der Waals surface area contributed by atoms with Crippen LogP contribution in [0.15, 0.2) is 0 Å². The van der Waals surface area contributed by atoms with E-state index in [-0.39, 0.29) is 11.8 Å². The Morgan fingerprint density at radius 2 is 1.95 bits per heavy atom. The Morgan fingerprint density at radius 1 is 1.32 bits per heavy atom. The Hall–Kier alpha value is -1.14. The smallest absolute Gasteiger partial charge is 0.252 e. The number of nitrogens with one attached hydrogen (secondary N) is 1. The molecular formula is C16H29N3O3. The monoisotopic (exact) mass is 311 g/mol. The SMILES string of the molecule is C[C@@H]1CCC[C@H](C)N1CCNC(=O)[C@H](C)N1CC[C@@H](O)C1=O. The van der Waals surface area contributed by atoms with Crippen molar-refractivity contribution in [3.8, 4) is 0 Å². The Kier molecular flexibility index (Phi) is 5.81. The maximum absolute atomic E-state index is 12.2. The summed E-state index contributed by atoms with van der Waals surface area (Å²) >= 11 is 0. The standard InChI is InChI=1S/C16H29N3O3/c1-11-5-4-6-12(2)18(11)10-8-17-15(21)13(3)19-9-7-14(20)16(19)22/h11-14,20H,4-10H2,1-3H3,(H,17,21)/t11-,12+,13-,14+/m0/s1. The van der Waals surface area contributed by atoms with Gasteiger partial charge < -0.3 is 15.3 Å². The summed E-state index contributed by atoms with van der Waals surface area (Å²) in [4.78, 5) is 27.8. The topological polar surface area (TPSA) is 72.9 Å². The van der Waals surface area contributed by atoms with Gasteiger partial charge in [-0.05, 0) is 40.0 Å². The van der Waals surface area contributed by atoms with Crippen molar-refractivity contribution in [3.63, 3.8) is 0 Å². The number of likely N-dealkylation sites (tertiary alicyclic amines) is 2. The van der Waals surface area contributed by atoms with Crippen LogP contribution >= 0.6 is 0 Å². The molecule has 0 aromatic rings. The number of carbonyl (C=O) groups is 2. The van der Waals surface area contributed by atoms with Crippen LogP contribution in [0.2, 0.25) is 0 Å². The molecule has 2 aliphatic rings. The molecule has 0 aromatic carbocycles. The van der Waals surface area contributed by atoms with Crippen LogP contribution in [-0.4, -0.2) is 70.6 Å². The predicted octanol–water partition coefficient (Wildman–Crippen LogP) is 0.347. The predicted molar refractivity (Wildman–Crippen MR) is 84.3 cm³/mol. The van der Waals surface area contributed by atoms with Crippen LogP contribution in [0.3, 0.4) is 0 Å². The molecule has 2 heterocycles. The summed E-state index contributed by atoms with van der Waals surface area (Å²) < 4.78 is 0. The number of aliphatic hydroxyl groups excluding tert-OH is 1. The van der Waals surface area contributed by atoms with Gasteiger partial charge in [-0.3, -0.25) is 14.5 Å². The van der Waals surface area contributed by atoms with E-state index in [1.54, 1.807) is 6.92 Å². The number of nitrogens with zero attached hydrogens (tertiary/aromatic N) is 2. The normalized spacial score (nSPS) is 31.4. The highest BCUT2D eigenvalue weighted by molar-refractivity contribution is 5.90. The second-order valence-corrected chi connectivity index (χ2v) is 6.67. The summed E-state index contributed by atoms with van der Waals surface area (Å²) in [5.41, 5.74) is 0.